The predicted octanol–water partition coefficient (Wildman–Crippen LogP) is 4.36. The molecule has 0 aromatic rings. The van der Waals surface area contributed by atoms with Gasteiger partial charge in [-0.15, -0.1) is 0 Å². The molecular weight excluding hydrogens is 368 g/mol. The van der Waals surface area contributed by atoms with Crippen molar-refractivity contribution in [3.05, 3.63) is 23.3 Å². The molecule has 4 aliphatic carbocycles. The second-order valence-electron chi connectivity index (χ2n) is 9.89. The first-order chi connectivity index (χ1) is 14.0. The number of hydrogen-bond acceptors (Lipinski definition) is 5. The van der Waals surface area contributed by atoms with E-state index < -0.39 is 22.4 Å². The summed E-state index contributed by atoms with van der Waals surface area (Å²) < 4.78 is 19.8. The average Bonchev–Trinajstić information content (AvgIpc) is 3.19. The van der Waals surface area contributed by atoms with E-state index in [1.165, 1.54) is 0 Å². The fraction of sp³-hybridized carbons (Fsp3) is 0.750. The van der Waals surface area contributed by atoms with E-state index in [-0.39, 0.29) is 23.8 Å². The van der Waals surface area contributed by atoms with E-state index in [9.17, 15) is 9.59 Å². The van der Waals surface area contributed by atoms with Crippen LogP contribution in [0.5, 0.6) is 0 Å². The highest BCUT2D eigenvalue weighted by Crippen LogP contribution is 2.81. The summed E-state index contributed by atoms with van der Waals surface area (Å²) in [6.07, 6.45) is 13.2. The fourth-order valence-corrected chi connectivity index (χ4v) is 8.14. The molecule has 3 saturated heterocycles. The van der Waals surface area contributed by atoms with Crippen LogP contribution in [-0.4, -0.2) is 28.9 Å². The van der Waals surface area contributed by atoms with Gasteiger partial charge in [0.05, 0.1) is 11.1 Å². The van der Waals surface area contributed by atoms with Crippen molar-refractivity contribution < 1.29 is 23.8 Å². The Hall–Kier alpha value is -1.62. The number of unbranched alkanes of at least 4 members (excludes halogenated alkanes) is 1. The number of ether oxygens (including phenoxy) is 3. The van der Waals surface area contributed by atoms with Crippen LogP contribution in [0.15, 0.2) is 23.3 Å². The van der Waals surface area contributed by atoms with Crippen molar-refractivity contribution in [2.45, 2.75) is 95.0 Å². The van der Waals surface area contributed by atoms with Gasteiger partial charge in [-0.1, -0.05) is 38.8 Å². The molecule has 6 atom stereocenters. The van der Waals surface area contributed by atoms with Gasteiger partial charge in [0.1, 0.15) is 11.0 Å². The van der Waals surface area contributed by atoms with Crippen molar-refractivity contribution in [1.82, 2.24) is 0 Å². The van der Waals surface area contributed by atoms with Crippen LogP contribution in [0.4, 0.5) is 0 Å². The topological polar surface area (TPSA) is 61.8 Å². The molecule has 4 fully saturated rings. The smallest absolute Gasteiger partial charge is 0.337 e. The van der Waals surface area contributed by atoms with Crippen molar-refractivity contribution >= 4 is 11.9 Å². The third-order valence-electron chi connectivity index (χ3n) is 8.88. The number of carbonyl (C=O) groups is 2. The molecule has 3 heterocycles. The standard InChI is InChI=1S/C24H30O5/c1-3-5-12-23-21-13-10-15(14-18(21)20(26)27-23)16(8-4-2)24(21)22(29-23)11-7-6-9-17(22)19(25)28-24/h9,14-16H,3-8,10-13H2,1-2H3/t15-,16-,21+,22-,23+,24-/m1/s1. The van der Waals surface area contributed by atoms with Gasteiger partial charge in [-0.3, -0.25) is 0 Å². The zero-order valence-electron chi connectivity index (χ0n) is 17.4. The van der Waals surface area contributed by atoms with E-state index >= 15 is 0 Å². The lowest BCUT2D eigenvalue weighted by atomic mass is 9.43. The molecule has 0 aromatic heterocycles. The van der Waals surface area contributed by atoms with Crippen LogP contribution in [-0.2, 0) is 23.8 Å². The van der Waals surface area contributed by atoms with Crippen molar-refractivity contribution in [1.29, 1.82) is 0 Å². The molecule has 0 unspecified atom stereocenters. The molecule has 0 amide bonds. The van der Waals surface area contributed by atoms with E-state index in [4.69, 9.17) is 14.2 Å². The number of fused-ring (bicyclic) bond motifs is 1. The molecular formula is C24H30O5. The van der Waals surface area contributed by atoms with E-state index in [1.54, 1.807) is 0 Å². The zero-order chi connectivity index (χ0) is 20.1. The second kappa shape index (κ2) is 5.54. The Morgan fingerprint density at radius 2 is 1.90 bits per heavy atom. The summed E-state index contributed by atoms with van der Waals surface area (Å²) in [6.45, 7) is 4.34. The molecule has 156 valence electrons. The Bertz CT molecular complexity index is 872. The van der Waals surface area contributed by atoms with E-state index in [1.807, 2.05) is 6.08 Å². The molecule has 0 aromatic carbocycles. The average molecular weight is 398 g/mol. The Balaban J connectivity index is 1.67. The summed E-state index contributed by atoms with van der Waals surface area (Å²) >= 11 is 0. The Morgan fingerprint density at radius 3 is 2.69 bits per heavy atom. The van der Waals surface area contributed by atoms with Gasteiger partial charge < -0.3 is 14.2 Å². The number of esters is 2. The third-order valence-corrected chi connectivity index (χ3v) is 8.88. The Labute approximate surface area is 171 Å². The number of rotatable bonds is 5. The molecule has 2 bridgehead atoms. The van der Waals surface area contributed by atoms with Crippen molar-refractivity contribution in [3.8, 4) is 0 Å². The van der Waals surface area contributed by atoms with Gasteiger partial charge in [0.25, 0.3) is 0 Å². The predicted molar refractivity (Wildman–Crippen MR) is 105 cm³/mol. The SMILES string of the molecule is CCCC[C@@]12OC(=O)C3=C[C@H]4CC[C@]31[C@]1(OC(=O)C3=CCCC[C@@]31O2)[C@@H]4CCC. The van der Waals surface area contributed by atoms with Gasteiger partial charge in [0.2, 0.25) is 5.79 Å². The molecule has 1 saturated carbocycles. The van der Waals surface area contributed by atoms with E-state index in [2.05, 4.69) is 19.9 Å². The van der Waals surface area contributed by atoms with E-state index in [0.717, 1.165) is 63.4 Å². The monoisotopic (exact) mass is 398 g/mol. The van der Waals surface area contributed by atoms with Gasteiger partial charge in [-0.25, -0.2) is 9.59 Å². The molecule has 5 nitrogen and oxygen atoms in total. The summed E-state index contributed by atoms with van der Waals surface area (Å²) in [5, 5.41) is 0. The minimum absolute atomic E-state index is 0.177. The molecule has 0 radical (unpaired) electrons. The van der Waals surface area contributed by atoms with Crippen LogP contribution >= 0.6 is 0 Å². The van der Waals surface area contributed by atoms with Gasteiger partial charge in [-0.05, 0) is 50.9 Å². The third kappa shape index (κ3) is 1.65. The molecule has 7 rings (SSSR count). The highest BCUT2D eigenvalue weighted by Gasteiger charge is 2.93. The lowest BCUT2D eigenvalue weighted by Crippen LogP contribution is -2.69. The molecule has 3 aliphatic heterocycles. The molecule has 3 spiro atoms. The van der Waals surface area contributed by atoms with Crippen LogP contribution in [0.1, 0.15) is 78.1 Å². The molecule has 0 N–H and O–H groups in total. The Morgan fingerprint density at radius 1 is 1.07 bits per heavy atom. The number of hydrogen-bond donors (Lipinski definition) is 0. The first-order valence-corrected chi connectivity index (χ1v) is 11.6. The van der Waals surface area contributed by atoms with Crippen LogP contribution < -0.4 is 0 Å². The van der Waals surface area contributed by atoms with Gasteiger partial charge in [0, 0.05) is 12.3 Å². The largest absolute Gasteiger partial charge is 0.451 e. The highest BCUT2D eigenvalue weighted by atomic mass is 16.8. The molecule has 7 aliphatic rings. The maximum absolute atomic E-state index is 13.2. The van der Waals surface area contributed by atoms with Gasteiger partial charge in [0.15, 0.2) is 5.60 Å². The van der Waals surface area contributed by atoms with E-state index in [0.29, 0.717) is 12.0 Å². The van der Waals surface area contributed by atoms with Crippen molar-refractivity contribution in [2.75, 3.05) is 0 Å². The lowest BCUT2D eigenvalue weighted by Gasteiger charge is -2.59. The van der Waals surface area contributed by atoms with Crippen LogP contribution in [0.2, 0.25) is 0 Å². The molecule has 5 heteroatoms. The number of allylic oxidation sites excluding steroid dienone is 2. The second-order valence-corrected chi connectivity index (χ2v) is 9.89. The normalized spacial score (nSPS) is 48.5. The van der Waals surface area contributed by atoms with Crippen LogP contribution in [0.3, 0.4) is 0 Å². The maximum atomic E-state index is 13.2. The number of carbonyl (C=O) groups excluding carboxylic acids is 2. The van der Waals surface area contributed by atoms with Gasteiger partial charge >= 0.3 is 11.9 Å². The maximum Gasteiger partial charge on any atom is 0.337 e. The minimum Gasteiger partial charge on any atom is -0.451 e. The van der Waals surface area contributed by atoms with Crippen LogP contribution in [0.25, 0.3) is 0 Å². The lowest BCUT2D eigenvalue weighted by molar-refractivity contribution is -0.250. The fourth-order valence-electron chi connectivity index (χ4n) is 8.14. The van der Waals surface area contributed by atoms with Crippen LogP contribution in [0, 0.1) is 17.3 Å². The van der Waals surface area contributed by atoms with Crippen molar-refractivity contribution in [3.63, 3.8) is 0 Å². The highest BCUT2D eigenvalue weighted by molar-refractivity contribution is 6.00. The first kappa shape index (κ1) is 18.2. The summed E-state index contributed by atoms with van der Waals surface area (Å²) in [5.41, 5.74) is -0.786. The minimum atomic E-state index is -1.000. The molecule has 29 heavy (non-hydrogen) atoms. The summed E-state index contributed by atoms with van der Waals surface area (Å²) in [7, 11) is 0. The van der Waals surface area contributed by atoms with Crippen molar-refractivity contribution in [2.24, 2.45) is 17.3 Å². The van der Waals surface area contributed by atoms with Gasteiger partial charge in [-0.2, -0.15) is 0 Å². The first-order valence-electron chi connectivity index (χ1n) is 11.6. The Kier molecular flexibility index (Phi) is 3.47. The quantitative estimate of drug-likeness (QED) is 0.644. The zero-order valence-corrected chi connectivity index (χ0v) is 17.4. The summed E-state index contributed by atoms with van der Waals surface area (Å²) in [5.74, 6) is -1.06. The summed E-state index contributed by atoms with van der Waals surface area (Å²) in [4.78, 5) is 26.3. The summed E-state index contributed by atoms with van der Waals surface area (Å²) in [6, 6.07) is 0.